The van der Waals surface area contributed by atoms with Crippen LogP contribution in [0.1, 0.15) is 6.92 Å². The zero-order chi connectivity index (χ0) is 12.9. The molecule has 1 aromatic carbocycles. The molecule has 1 atom stereocenters. The quantitative estimate of drug-likeness (QED) is 0.649. The summed E-state index contributed by atoms with van der Waals surface area (Å²) in [4.78, 5) is 16.2. The van der Waals surface area contributed by atoms with Crippen molar-refractivity contribution in [3.63, 3.8) is 0 Å². The highest BCUT2D eigenvalue weighted by molar-refractivity contribution is 6.72. The van der Waals surface area contributed by atoms with Crippen molar-refractivity contribution in [3.8, 4) is 0 Å². The topological polar surface area (TPSA) is 63.1 Å². The van der Waals surface area contributed by atoms with Crippen LogP contribution in [0, 0.1) is 5.41 Å². The predicted octanol–water partition coefficient (Wildman–Crippen LogP) is 1.67. The van der Waals surface area contributed by atoms with Crippen molar-refractivity contribution in [2.45, 2.75) is 19.5 Å². The third-order valence-electron chi connectivity index (χ3n) is 3.06. The maximum atomic E-state index is 12.3. The Labute approximate surface area is 108 Å². The molecule has 0 radical (unpaired) electrons. The molecular weight excluding hydrogens is 252 g/mol. The molecule has 5 nitrogen and oxygen atoms in total. The van der Waals surface area contributed by atoms with Crippen LogP contribution in [0.4, 0.5) is 0 Å². The van der Waals surface area contributed by atoms with Crippen LogP contribution in [0.5, 0.6) is 0 Å². The lowest BCUT2D eigenvalue weighted by Gasteiger charge is -2.01. The van der Waals surface area contributed by atoms with Crippen LogP contribution >= 0.6 is 11.6 Å². The smallest absolute Gasteiger partial charge is 0.292 e. The zero-order valence-corrected chi connectivity index (χ0v) is 10.5. The van der Waals surface area contributed by atoms with Gasteiger partial charge in [-0.25, -0.2) is 9.36 Å². The fraction of sp³-hybridized carbons (Fsp3) is 0.250. The molecule has 3 rings (SSSR count). The molecule has 1 N–H and O–H groups in total. The Morgan fingerprint density at radius 1 is 1.44 bits per heavy atom. The van der Waals surface area contributed by atoms with E-state index in [0.29, 0.717) is 11.7 Å². The first-order chi connectivity index (χ1) is 8.65. The fourth-order valence-corrected chi connectivity index (χ4v) is 2.33. The average molecular weight is 263 g/mol. The van der Waals surface area contributed by atoms with E-state index >= 15 is 0 Å². The van der Waals surface area contributed by atoms with Gasteiger partial charge in [-0.3, -0.25) is 15.0 Å². The summed E-state index contributed by atoms with van der Waals surface area (Å²) in [7, 11) is 0. The summed E-state index contributed by atoms with van der Waals surface area (Å²) in [6, 6.07) is 6.98. The summed E-state index contributed by atoms with van der Waals surface area (Å²) in [5, 5.41) is 8.43. The molecule has 2 heterocycles. The molecule has 0 aliphatic carbocycles. The second kappa shape index (κ2) is 3.81. The first-order valence-electron chi connectivity index (χ1n) is 5.67. The Bertz CT molecular complexity index is 740. The number of halogens is 1. The third-order valence-corrected chi connectivity index (χ3v) is 3.37. The van der Waals surface area contributed by atoms with Gasteiger partial charge in [-0.15, -0.1) is 0 Å². The van der Waals surface area contributed by atoms with Crippen molar-refractivity contribution in [3.05, 3.63) is 34.7 Å². The van der Waals surface area contributed by atoms with Gasteiger partial charge in [0.2, 0.25) is 0 Å². The lowest BCUT2D eigenvalue weighted by molar-refractivity contribution is 0.738. The summed E-state index contributed by atoms with van der Waals surface area (Å²) in [5.74, 6) is 0.119. The summed E-state index contributed by atoms with van der Waals surface area (Å²) in [6.45, 7) is 2.47. The average Bonchev–Trinajstić information content (AvgIpc) is 3.02. The minimum absolute atomic E-state index is 0.119. The van der Waals surface area contributed by atoms with Gasteiger partial charge in [-0.05, 0) is 19.1 Å². The molecule has 1 unspecified atom stereocenters. The van der Waals surface area contributed by atoms with Gasteiger partial charge in [0.25, 0.3) is 0 Å². The number of para-hydroxylation sites is 2. The van der Waals surface area contributed by atoms with E-state index in [-0.39, 0.29) is 11.5 Å². The minimum Gasteiger partial charge on any atom is -0.292 e. The van der Waals surface area contributed by atoms with E-state index in [2.05, 4.69) is 4.99 Å². The van der Waals surface area contributed by atoms with Gasteiger partial charge in [0.15, 0.2) is 6.04 Å². The molecule has 1 aliphatic rings. The largest absolute Gasteiger partial charge is 0.334 e. The number of hydrogen-bond donors (Lipinski definition) is 1. The number of benzene rings is 1. The molecular formula is C12H11ClN4O. The lowest BCUT2D eigenvalue weighted by atomic mass is 10.3. The Morgan fingerprint density at radius 3 is 2.61 bits per heavy atom. The zero-order valence-electron chi connectivity index (χ0n) is 9.72. The van der Waals surface area contributed by atoms with Crippen molar-refractivity contribution in [1.82, 2.24) is 9.13 Å². The molecule has 0 fully saturated rings. The summed E-state index contributed by atoms with van der Waals surface area (Å²) in [6.07, 6.45) is 0. The molecule has 1 aliphatic heterocycles. The molecule has 0 bridgehead atoms. The Balaban J connectivity index is 2.26. The van der Waals surface area contributed by atoms with Gasteiger partial charge in [-0.2, -0.15) is 0 Å². The number of nitrogens with one attached hydrogen (secondary N) is 1. The molecule has 0 saturated carbocycles. The van der Waals surface area contributed by atoms with Crippen LogP contribution in [-0.4, -0.2) is 26.2 Å². The van der Waals surface area contributed by atoms with Gasteiger partial charge in [-0.1, -0.05) is 23.7 Å². The maximum Gasteiger partial charge on any atom is 0.334 e. The molecule has 18 heavy (non-hydrogen) atoms. The lowest BCUT2D eigenvalue weighted by Crippen LogP contribution is -2.32. The molecule has 1 aromatic heterocycles. The van der Waals surface area contributed by atoms with E-state index in [1.54, 1.807) is 4.57 Å². The van der Waals surface area contributed by atoms with Crippen LogP contribution < -0.4 is 5.69 Å². The van der Waals surface area contributed by atoms with Crippen LogP contribution in [-0.2, 0) is 6.54 Å². The van der Waals surface area contributed by atoms with Crippen LogP contribution in [0.25, 0.3) is 11.0 Å². The second-order valence-electron chi connectivity index (χ2n) is 4.09. The van der Waals surface area contributed by atoms with Crippen LogP contribution in [0.2, 0.25) is 0 Å². The fourth-order valence-electron chi connectivity index (χ4n) is 2.13. The van der Waals surface area contributed by atoms with Crippen LogP contribution in [0.15, 0.2) is 34.1 Å². The standard InChI is InChI=1S/C12H11ClN4O/c1-2-16-7-5-3-4-6-8(7)17(12(16)18)11(14)9-10(13)15-9/h3-6,9,14H,2H2,1H3. The number of aliphatic imine (C=N–C) groups is 1. The van der Waals surface area contributed by atoms with Gasteiger partial charge < -0.3 is 0 Å². The van der Waals surface area contributed by atoms with E-state index in [4.69, 9.17) is 17.0 Å². The van der Waals surface area contributed by atoms with E-state index in [9.17, 15) is 4.79 Å². The van der Waals surface area contributed by atoms with Gasteiger partial charge in [0.05, 0.1) is 11.0 Å². The van der Waals surface area contributed by atoms with Crippen molar-refractivity contribution in [2.24, 2.45) is 4.99 Å². The van der Waals surface area contributed by atoms with Crippen molar-refractivity contribution < 1.29 is 0 Å². The highest BCUT2D eigenvalue weighted by atomic mass is 35.5. The highest BCUT2D eigenvalue weighted by Crippen LogP contribution is 2.20. The summed E-state index contributed by atoms with van der Waals surface area (Å²) < 4.78 is 3.02. The Morgan fingerprint density at radius 2 is 2.06 bits per heavy atom. The number of hydrogen-bond acceptors (Lipinski definition) is 3. The Kier molecular flexibility index (Phi) is 2.38. The third kappa shape index (κ3) is 1.44. The number of aromatic nitrogens is 2. The van der Waals surface area contributed by atoms with Gasteiger partial charge >= 0.3 is 5.69 Å². The molecule has 2 aromatic rings. The van der Waals surface area contributed by atoms with E-state index in [1.165, 1.54) is 4.57 Å². The molecule has 0 saturated heterocycles. The molecule has 0 amide bonds. The van der Waals surface area contributed by atoms with Crippen molar-refractivity contribution in [2.75, 3.05) is 0 Å². The van der Waals surface area contributed by atoms with Gasteiger partial charge in [0, 0.05) is 6.54 Å². The highest BCUT2D eigenvalue weighted by Gasteiger charge is 2.33. The van der Waals surface area contributed by atoms with Crippen molar-refractivity contribution >= 4 is 33.6 Å². The molecule has 6 heteroatoms. The van der Waals surface area contributed by atoms with Crippen LogP contribution in [0.3, 0.4) is 0 Å². The number of fused-ring (bicyclic) bond motifs is 1. The Hall–Kier alpha value is -1.88. The molecule has 0 spiro atoms. The minimum atomic E-state index is -0.444. The predicted molar refractivity (Wildman–Crippen MR) is 72.1 cm³/mol. The second-order valence-corrected chi connectivity index (χ2v) is 4.48. The molecule has 92 valence electrons. The van der Waals surface area contributed by atoms with E-state index in [0.717, 1.165) is 11.0 Å². The first-order valence-corrected chi connectivity index (χ1v) is 6.05. The number of nitrogens with zero attached hydrogens (tertiary/aromatic N) is 3. The first kappa shape index (κ1) is 11.2. The summed E-state index contributed by atoms with van der Waals surface area (Å²) in [5.41, 5.74) is 1.34. The SMILES string of the molecule is CCn1c(=O)n(C(=N)C2N=C2Cl)c2ccccc21. The number of imidazole rings is 1. The number of rotatable bonds is 2. The monoisotopic (exact) mass is 262 g/mol. The van der Waals surface area contributed by atoms with E-state index in [1.807, 2.05) is 31.2 Å². The normalized spacial score (nSPS) is 17.9. The van der Waals surface area contributed by atoms with E-state index < -0.39 is 6.04 Å². The van der Waals surface area contributed by atoms with Crippen molar-refractivity contribution in [1.29, 1.82) is 5.41 Å². The maximum absolute atomic E-state index is 12.3. The summed E-state index contributed by atoms with van der Waals surface area (Å²) >= 11 is 5.73. The van der Waals surface area contributed by atoms with Gasteiger partial charge in [0.1, 0.15) is 11.0 Å². The number of aryl methyl sites for hydroxylation is 1.